The van der Waals surface area contributed by atoms with Crippen LogP contribution in [0.1, 0.15) is 0 Å². The van der Waals surface area contributed by atoms with E-state index in [0.717, 1.165) is 5.69 Å². The lowest BCUT2D eigenvalue weighted by Gasteiger charge is -2.02. The summed E-state index contributed by atoms with van der Waals surface area (Å²) in [5, 5.41) is 15.8. The highest BCUT2D eigenvalue weighted by Gasteiger charge is 2.00. The SMILES string of the molecule is C=NC(=NCCOC)Nc1cnn(CCO)c1. The summed E-state index contributed by atoms with van der Waals surface area (Å²) in [5.74, 6) is 0.422. The molecule has 0 amide bonds. The molecule has 1 aromatic rings. The van der Waals surface area contributed by atoms with E-state index < -0.39 is 0 Å². The van der Waals surface area contributed by atoms with Gasteiger partial charge in [0, 0.05) is 13.3 Å². The van der Waals surface area contributed by atoms with Crippen molar-refractivity contribution in [1.29, 1.82) is 0 Å². The van der Waals surface area contributed by atoms with Crippen LogP contribution < -0.4 is 5.32 Å². The van der Waals surface area contributed by atoms with Gasteiger partial charge < -0.3 is 15.2 Å². The van der Waals surface area contributed by atoms with Gasteiger partial charge in [-0.15, -0.1) is 0 Å². The van der Waals surface area contributed by atoms with Crippen LogP contribution in [0.25, 0.3) is 0 Å². The minimum absolute atomic E-state index is 0.0512. The molecular weight excluding hydrogens is 222 g/mol. The maximum Gasteiger partial charge on any atom is 0.222 e. The van der Waals surface area contributed by atoms with Crippen molar-refractivity contribution in [3.63, 3.8) is 0 Å². The first kappa shape index (κ1) is 13.3. The Bertz CT molecular complexity index is 375. The van der Waals surface area contributed by atoms with E-state index in [-0.39, 0.29) is 6.61 Å². The molecule has 7 heteroatoms. The zero-order chi connectivity index (χ0) is 12.5. The maximum absolute atomic E-state index is 8.75. The summed E-state index contributed by atoms with van der Waals surface area (Å²) < 4.78 is 6.51. The highest BCUT2D eigenvalue weighted by molar-refractivity contribution is 5.96. The van der Waals surface area contributed by atoms with E-state index in [0.29, 0.717) is 25.7 Å². The summed E-state index contributed by atoms with van der Waals surface area (Å²) in [5.41, 5.74) is 0.752. The van der Waals surface area contributed by atoms with Crippen molar-refractivity contribution >= 4 is 18.4 Å². The topological polar surface area (TPSA) is 84.0 Å². The number of anilines is 1. The Labute approximate surface area is 99.8 Å². The summed E-state index contributed by atoms with van der Waals surface area (Å²) in [4.78, 5) is 7.90. The van der Waals surface area contributed by atoms with E-state index in [1.54, 1.807) is 24.2 Å². The van der Waals surface area contributed by atoms with E-state index in [2.05, 4.69) is 27.1 Å². The normalized spacial score (nSPS) is 11.5. The molecule has 0 saturated carbocycles. The number of rotatable bonds is 6. The van der Waals surface area contributed by atoms with E-state index >= 15 is 0 Å². The molecule has 0 radical (unpaired) electrons. The van der Waals surface area contributed by atoms with Crippen LogP contribution in [0.2, 0.25) is 0 Å². The molecular formula is C10H17N5O2. The smallest absolute Gasteiger partial charge is 0.222 e. The maximum atomic E-state index is 8.75. The summed E-state index contributed by atoms with van der Waals surface area (Å²) in [7, 11) is 1.61. The second-order valence-corrected chi connectivity index (χ2v) is 3.20. The second-order valence-electron chi connectivity index (χ2n) is 3.20. The molecule has 7 nitrogen and oxygen atoms in total. The van der Waals surface area contributed by atoms with Crippen LogP contribution in [0, 0.1) is 0 Å². The van der Waals surface area contributed by atoms with Crippen LogP contribution in [-0.2, 0) is 11.3 Å². The standard InChI is InChI=1S/C10H17N5O2/c1-11-10(12-3-6-17-2)14-9-7-13-15(8-9)4-5-16/h7-8,16H,1,3-6H2,2H3,(H,12,14). The van der Waals surface area contributed by atoms with Crippen molar-refractivity contribution in [3.05, 3.63) is 12.4 Å². The highest BCUT2D eigenvalue weighted by Crippen LogP contribution is 2.04. The Morgan fingerprint density at radius 2 is 2.53 bits per heavy atom. The van der Waals surface area contributed by atoms with Gasteiger partial charge in [0.15, 0.2) is 0 Å². The number of ether oxygens (including phenoxy) is 1. The molecule has 94 valence electrons. The molecule has 0 bridgehead atoms. The molecule has 1 rings (SSSR count). The second kappa shape index (κ2) is 7.53. The molecule has 0 fully saturated rings. The predicted molar refractivity (Wildman–Crippen MR) is 66.7 cm³/mol. The van der Waals surface area contributed by atoms with Gasteiger partial charge in [0.25, 0.3) is 0 Å². The number of aliphatic hydroxyl groups excluding tert-OH is 1. The van der Waals surface area contributed by atoms with Crippen LogP contribution in [0.4, 0.5) is 5.69 Å². The minimum Gasteiger partial charge on any atom is -0.394 e. The number of hydrogen-bond acceptors (Lipinski definition) is 4. The molecule has 0 atom stereocenters. The number of aliphatic imine (C=N–C) groups is 2. The van der Waals surface area contributed by atoms with Crippen LogP contribution in [0.3, 0.4) is 0 Å². The lowest BCUT2D eigenvalue weighted by Crippen LogP contribution is -2.10. The Balaban J connectivity index is 2.54. The highest BCUT2D eigenvalue weighted by atomic mass is 16.5. The fourth-order valence-corrected chi connectivity index (χ4v) is 1.15. The number of aromatic nitrogens is 2. The number of hydrogen-bond donors (Lipinski definition) is 2. The Hall–Kier alpha value is -1.73. The third-order valence-corrected chi connectivity index (χ3v) is 1.93. The van der Waals surface area contributed by atoms with Crippen LogP contribution in [0.5, 0.6) is 0 Å². The quantitative estimate of drug-likeness (QED) is 0.415. The first-order valence-corrected chi connectivity index (χ1v) is 5.20. The third kappa shape index (κ3) is 4.75. The van der Waals surface area contributed by atoms with Crippen LogP contribution in [0.15, 0.2) is 22.4 Å². The van der Waals surface area contributed by atoms with Gasteiger partial charge in [-0.1, -0.05) is 0 Å². The number of nitrogens with one attached hydrogen (secondary N) is 1. The predicted octanol–water partition coefficient (Wildman–Crippen LogP) is -0.00970. The molecule has 2 N–H and O–H groups in total. The number of nitrogens with zero attached hydrogens (tertiary/aromatic N) is 4. The number of methoxy groups -OCH3 is 1. The molecule has 0 aromatic carbocycles. The summed E-state index contributed by atoms with van der Waals surface area (Å²) in [6.07, 6.45) is 3.39. The van der Waals surface area contributed by atoms with E-state index in [9.17, 15) is 0 Å². The molecule has 0 aliphatic rings. The van der Waals surface area contributed by atoms with Crippen molar-refractivity contribution in [2.24, 2.45) is 9.98 Å². The van der Waals surface area contributed by atoms with Gasteiger partial charge in [0.2, 0.25) is 5.96 Å². The van der Waals surface area contributed by atoms with Gasteiger partial charge in [-0.2, -0.15) is 5.10 Å². The van der Waals surface area contributed by atoms with Crippen LogP contribution in [-0.4, -0.2) is 54.4 Å². The molecule has 1 heterocycles. The lowest BCUT2D eigenvalue weighted by atomic mass is 10.5. The molecule has 0 aliphatic heterocycles. The van der Waals surface area contributed by atoms with Gasteiger partial charge in [-0.05, 0) is 6.72 Å². The molecule has 0 aliphatic carbocycles. The Morgan fingerprint density at radius 3 is 3.18 bits per heavy atom. The zero-order valence-electron chi connectivity index (χ0n) is 9.83. The zero-order valence-corrected chi connectivity index (χ0v) is 9.83. The van der Waals surface area contributed by atoms with E-state index in [1.165, 1.54) is 0 Å². The molecule has 17 heavy (non-hydrogen) atoms. The Morgan fingerprint density at radius 1 is 1.71 bits per heavy atom. The van der Waals surface area contributed by atoms with Crippen LogP contribution >= 0.6 is 0 Å². The van der Waals surface area contributed by atoms with Gasteiger partial charge in [0.05, 0.1) is 38.2 Å². The average molecular weight is 239 g/mol. The fourth-order valence-electron chi connectivity index (χ4n) is 1.15. The first-order valence-electron chi connectivity index (χ1n) is 5.20. The van der Waals surface area contributed by atoms with Gasteiger partial charge >= 0.3 is 0 Å². The average Bonchev–Trinajstić information content (AvgIpc) is 2.76. The largest absolute Gasteiger partial charge is 0.394 e. The molecule has 1 aromatic heterocycles. The Kier molecular flexibility index (Phi) is 5.91. The van der Waals surface area contributed by atoms with E-state index in [1.807, 2.05) is 0 Å². The summed E-state index contributed by atoms with van der Waals surface area (Å²) >= 11 is 0. The molecule has 0 saturated heterocycles. The van der Waals surface area contributed by atoms with Gasteiger partial charge in [-0.25, -0.2) is 9.98 Å². The van der Waals surface area contributed by atoms with Gasteiger partial charge in [0.1, 0.15) is 0 Å². The first-order chi connectivity index (χ1) is 8.30. The van der Waals surface area contributed by atoms with Crippen molar-refractivity contribution in [1.82, 2.24) is 9.78 Å². The number of guanidine groups is 1. The molecule has 0 unspecified atom stereocenters. The van der Waals surface area contributed by atoms with E-state index in [4.69, 9.17) is 9.84 Å². The third-order valence-electron chi connectivity index (χ3n) is 1.93. The minimum atomic E-state index is 0.0512. The lowest BCUT2D eigenvalue weighted by molar-refractivity contribution is 0.208. The fraction of sp³-hybridized carbons (Fsp3) is 0.500. The number of aliphatic hydroxyl groups is 1. The van der Waals surface area contributed by atoms with Crippen molar-refractivity contribution < 1.29 is 9.84 Å². The monoisotopic (exact) mass is 239 g/mol. The van der Waals surface area contributed by atoms with Gasteiger partial charge in [-0.3, -0.25) is 4.68 Å². The van der Waals surface area contributed by atoms with Crippen molar-refractivity contribution in [3.8, 4) is 0 Å². The summed E-state index contributed by atoms with van der Waals surface area (Å²) in [6.45, 7) is 4.99. The summed E-state index contributed by atoms with van der Waals surface area (Å²) in [6, 6.07) is 0. The van der Waals surface area contributed by atoms with Crippen molar-refractivity contribution in [2.45, 2.75) is 6.54 Å². The molecule has 0 spiro atoms. The van der Waals surface area contributed by atoms with Crippen molar-refractivity contribution in [2.75, 3.05) is 32.2 Å².